The summed E-state index contributed by atoms with van der Waals surface area (Å²) in [5.74, 6) is -0.400. The van der Waals surface area contributed by atoms with Crippen LogP contribution in [0.2, 0.25) is 0 Å². The number of nitrogens with two attached hydrogens (primary N) is 2. The van der Waals surface area contributed by atoms with Crippen molar-refractivity contribution in [2.24, 2.45) is 5.14 Å². The molecule has 1 aromatic carbocycles. The van der Waals surface area contributed by atoms with Crippen LogP contribution in [0.15, 0.2) is 29.2 Å². The van der Waals surface area contributed by atoms with Crippen LogP contribution < -0.4 is 16.2 Å². The van der Waals surface area contributed by atoms with E-state index in [-0.39, 0.29) is 4.90 Å². The molecule has 2 rings (SSSR count). The van der Waals surface area contributed by atoms with E-state index in [1.165, 1.54) is 18.2 Å². The van der Waals surface area contributed by atoms with Crippen LogP contribution in [0.3, 0.4) is 0 Å². The molecule has 0 fully saturated rings. The third kappa shape index (κ3) is 3.13. The third-order valence-corrected chi connectivity index (χ3v) is 4.34. The Bertz CT molecular complexity index is 768. The van der Waals surface area contributed by atoms with Gasteiger partial charge in [-0.2, -0.15) is 0 Å². The maximum absolute atomic E-state index is 12.0. The number of carbonyl (C=O) groups excluding carboxylic acids is 1. The van der Waals surface area contributed by atoms with Crippen molar-refractivity contribution in [3.63, 3.8) is 0 Å². The lowest BCUT2D eigenvalue weighted by molar-refractivity contribution is 0.103. The third-order valence-electron chi connectivity index (χ3n) is 2.44. The average molecular weight is 312 g/mol. The summed E-state index contributed by atoms with van der Waals surface area (Å²) >= 11 is 1.06. The molecular formula is C11H12N4O3S2. The van der Waals surface area contributed by atoms with Crippen molar-refractivity contribution in [3.05, 3.63) is 34.8 Å². The van der Waals surface area contributed by atoms with Gasteiger partial charge < -0.3 is 11.1 Å². The van der Waals surface area contributed by atoms with Gasteiger partial charge in [0.05, 0.1) is 10.6 Å². The number of nitrogens with zero attached hydrogens (tertiary/aromatic N) is 1. The number of aryl methyl sites for hydroxylation is 1. The number of benzene rings is 1. The molecule has 0 radical (unpaired) electrons. The molecule has 0 saturated heterocycles. The van der Waals surface area contributed by atoms with Crippen LogP contribution in [0, 0.1) is 6.92 Å². The summed E-state index contributed by atoms with van der Waals surface area (Å²) < 4.78 is 22.5. The van der Waals surface area contributed by atoms with Crippen molar-refractivity contribution in [3.8, 4) is 0 Å². The molecule has 5 N–H and O–H groups in total. The molecule has 0 spiro atoms. The Kier molecular flexibility index (Phi) is 3.75. The van der Waals surface area contributed by atoms with Gasteiger partial charge >= 0.3 is 0 Å². The van der Waals surface area contributed by atoms with E-state index in [4.69, 9.17) is 10.9 Å². The van der Waals surface area contributed by atoms with E-state index in [1.807, 2.05) is 0 Å². The fourth-order valence-electron chi connectivity index (χ4n) is 1.57. The summed E-state index contributed by atoms with van der Waals surface area (Å²) in [6.45, 7) is 1.67. The van der Waals surface area contributed by atoms with Gasteiger partial charge in [0, 0.05) is 5.69 Å². The van der Waals surface area contributed by atoms with E-state index in [0.29, 0.717) is 21.4 Å². The molecule has 9 heteroatoms. The topological polar surface area (TPSA) is 128 Å². The number of carbonyl (C=O) groups is 1. The highest BCUT2D eigenvalue weighted by Crippen LogP contribution is 2.22. The van der Waals surface area contributed by atoms with Crippen molar-refractivity contribution in [2.45, 2.75) is 11.8 Å². The van der Waals surface area contributed by atoms with E-state index in [0.717, 1.165) is 11.3 Å². The standard InChI is InChI=1S/C11H12N4O3S2/c1-6-9(19-11(12)14-6)10(16)15-7-3-2-4-8(5-7)20(13,17)18/h2-5H,1H3,(H2,12,14)(H,15,16)(H2,13,17,18). The summed E-state index contributed by atoms with van der Waals surface area (Å²) in [7, 11) is -3.81. The van der Waals surface area contributed by atoms with Crippen LogP contribution in [0.4, 0.5) is 10.8 Å². The summed E-state index contributed by atoms with van der Waals surface area (Å²) in [5, 5.41) is 7.91. The van der Waals surface area contributed by atoms with Gasteiger partial charge in [-0.15, -0.1) is 0 Å². The molecule has 2 aromatic rings. The summed E-state index contributed by atoms with van der Waals surface area (Å²) in [5.41, 5.74) is 6.37. The summed E-state index contributed by atoms with van der Waals surface area (Å²) in [6, 6.07) is 5.68. The van der Waals surface area contributed by atoms with E-state index in [1.54, 1.807) is 13.0 Å². The number of aromatic nitrogens is 1. The minimum Gasteiger partial charge on any atom is -0.375 e. The predicted octanol–water partition coefficient (Wildman–Crippen LogP) is 0.933. The number of hydrogen-bond acceptors (Lipinski definition) is 6. The predicted molar refractivity (Wildman–Crippen MR) is 77.0 cm³/mol. The van der Waals surface area contributed by atoms with Crippen molar-refractivity contribution < 1.29 is 13.2 Å². The molecule has 0 aliphatic rings. The van der Waals surface area contributed by atoms with Crippen LogP contribution in [-0.2, 0) is 10.0 Å². The molecule has 106 valence electrons. The number of thiazole rings is 1. The highest BCUT2D eigenvalue weighted by Gasteiger charge is 2.15. The fourth-order valence-corrected chi connectivity index (χ4v) is 2.85. The zero-order chi connectivity index (χ0) is 14.9. The number of nitrogen functional groups attached to an aromatic ring is 1. The largest absolute Gasteiger partial charge is 0.375 e. The van der Waals surface area contributed by atoms with E-state index < -0.39 is 15.9 Å². The first-order valence-corrected chi connectivity index (χ1v) is 7.81. The number of sulfonamides is 1. The van der Waals surface area contributed by atoms with Crippen LogP contribution in [0.5, 0.6) is 0 Å². The second-order valence-corrected chi connectivity index (χ2v) is 6.59. The van der Waals surface area contributed by atoms with Gasteiger partial charge in [-0.1, -0.05) is 17.4 Å². The van der Waals surface area contributed by atoms with Gasteiger partial charge in [0.1, 0.15) is 4.88 Å². The molecule has 1 aromatic heterocycles. The van der Waals surface area contributed by atoms with Crippen LogP contribution >= 0.6 is 11.3 Å². The van der Waals surface area contributed by atoms with Gasteiger partial charge in [0.15, 0.2) is 5.13 Å². The Labute approximate surface area is 119 Å². The lowest BCUT2D eigenvalue weighted by Crippen LogP contribution is -2.14. The fraction of sp³-hybridized carbons (Fsp3) is 0.0909. The minimum atomic E-state index is -3.81. The lowest BCUT2D eigenvalue weighted by Gasteiger charge is -2.05. The Hall–Kier alpha value is -1.97. The molecule has 20 heavy (non-hydrogen) atoms. The molecule has 1 amide bonds. The van der Waals surface area contributed by atoms with Crippen LogP contribution in [0.1, 0.15) is 15.4 Å². The molecule has 0 aliphatic carbocycles. The number of amides is 1. The Morgan fingerprint density at radius 1 is 1.40 bits per heavy atom. The highest BCUT2D eigenvalue weighted by atomic mass is 32.2. The lowest BCUT2D eigenvalue weighted by atomic mass is 10.3. The van der Waals surface area contributed by atoms with Crippen molar-refractivity contribution in [2.75, 3.05) is 11.1 Å². The molecule has 0 saturated carbocycles. The molecule has 7 nitrogen and oxygen atoms in total. The zero-order valence-electron chi connectivity index (χ0n) is 10.5. The average Bonchev–Trinajstić information content (AvgIpc) is 2.68. The number of rotatable bonds is 3. The van der Waals surface area contributed by atoms with E-state index in [2.05, 4.69) is 10.3 Å². The first-order chi connectivity index (χ1) is 9.27. The maximum atomic E-state index is 12.0. The van der Waals surface area contributed by atoms with E-state index >= 15 is 0 Å². The second kappa shape index (κ2) is 5.19. The van der Waals surface area contributed by atoms with Gasteiger partial charge in [-0.25, -0.2) is 18.5 Å². The SMILES string of the molecule is Cc1nc(N)sc1C(=O)Nc1cccc(S(N)(=O)=O)c1. The van der Waals surface area contributed by atoms with Crippen molar-refractivity contribution in [1.29, 1.82) is 0 Å². The zero-order valence-corrected chi connectivity index (χ0v) is 12.1. The summed E-state index contributed by atoms with van der Waals surface area (Å²) in [4.78, 5) is 16.3. The molecule has 0 atom stereocenters. The van der Waals surface area contributed by atoms with Gasteiger partial charge in [0.2, 0.25) is 10.0 Å². The number of anilines is 2. The van der Waals surface area contributed by atoms with Crippen LogP contribution in [0.25, 0.3) is 0 Å². The van der Waals surface area contributed by atoms with Gasteiger partial charge in [0.25, 0.3) is 5.91 Å². The van der Waals surface area contributed by atoms with Crippen molar-refractivity contribution >= 4 is 38.1 Å². The quantitative estimate of drug-likeness (QED) is 0.776. The normalized spacial score (nSPS) is 11.3. The molecule has 1 heterocycles. The first-order valence-electron chi connectivity index (χ1n) is 5.44. The number of nitrogens with one attached hydrogen (secondary N) is 1. The number of primary sulfonamides is 1. The van der Waals surface area contributed by atoms with Gasteiger partial charge in [-0.05, 0) is 25.1 Å². The van der Waals surface area contributed by atoms with Crippen molar-refractivity contribution in [1.82, 2.24) is 4.98 Å². The van der Waals surface area contributed by atoms with Gasteiger partial charge in [-0.3, -0.25) is 4.79 Å². The molecule has 0 unspecified atom stereocenters. The number of hydrogen-bond donors (Lipinski definition) is 3. The Morgan fingerprint density at radius 2 is 2.10 bits per heavy atom. The Morgan fingerprint density at radius 3 is 2.65 bits per heavy atom. The first kappa shape index (κ1) is 14.4. The monoisotopic (exact) mass is 312 g/mol. The van der Waals surface area contributed by atoms with E-state index in [9.17, 15) is 13.2 Å². The highest BCUT2D eigenvalue weighted by molar-refractivity contribution is 7.89. The summed E-state index contributed by atoms with van der Waals surface area (Å²) in [6.07, 6.45) is 0. The molecule has 0 bridgehead atoms. The maximum Gasteiger partial charge on any atom is 0.267 e. The molecular weight excluding hydrogens is 300 g/mol. The second-order valence-electron chi connectivity index (χ2n) is 3.99. The Balaban J connectivity index is 2.27. The smallest absolute Gasteiger partial charge is 0.267 e. The molecule has 0 aliphatic heterocycles. The minimum absolute atomic E-state index is 0.0733. The van der Waals surface area contributed by atoms with Crippen LogP contribution in [-0.4, -0.2) is 19.3 Å².